The molecular formula is C6H7NS. The number of hydrogen-bond acceptors (Lipinski definition) is 1. The van der Waals surface area contributed by atoms with Gasteiger partial charge in [-0.25, -0.2) is 4.36 Å². The number of nitrogens with zero attached hydrogens (tertiary/aromatic N) is 1. The van der Waals surface area contributed by atoms with Crippen LogP contribution >= 0.6 is 0 Å². The third-order valence-corrected chi connectivity index (χ3v) is 1.14. The van der Waals surface area contributed by atoms with Gasteiger partial charge in [0.1, 0.15) is 0 Å². The SMILES string of the molecule is [SH2]=Nc1ccccc1. The Bertz CT molecular complexity index is 171. The zero-order chi connectivity index (χ0) is 5.82. The van der Waals surface area contributed by atoms with Gasteiger partial charge in [-0.05, 0) is 12.1 Å². The summed E-state index contributed by atoms with van der Waals surface area (Å²) in [7, 11) is 0. The summed E-state index contributed by atoms with van der Waals surface area (Å²) >= 11 is 3.03. The van der Waals surface area contributed by atoms with Crippen LogP contribution in [0.25, 0.3) is 0 Å². The molecule has 0 aliphatic rings. The molecule has 0 saturated carbocycles. The monoisotopic (exact) mass is 125 g/mol. The molecule has 1 rings (SSSR count). The van der Waals surface area contributed by atoms with Crippen LogP contribution in [-0.2, 0) is 12.4 Å². The van der Waals surface area contributed by atoms with Crippen LogP contribution in [0.1, 0.15) is 0 Å². The van der Waals surface area contributed by atoms with Crippen molar-refractivity contribution in [1.29, 1.82) is 0 Å². The smallest absolute Gasteiger partial charge is 0.0697 e. The maximum atomic E-state index is 3.78. The van der Waals surface area contributed by atoms with Crippen molar-refractivity contribution in [3.8, 4) is 0 Å². The molecule has 2 heteroatoms. The van der Waals surface area contributed by atoms with Gasteiger partial charge in [0.05, 0.1) is 5.69 Å². The van der Waals surface area contributed by atoms with E-state index in [1.807, 2.05) is 30.3 Å². The largest absolute Gasteiger partial charge is 0.234 e. The van der Waals surface area contributed by atoms with Crippen LogP contribution < -0.4 is 0 Å². The van der Waals surface area contributed by atoms with E-state index in [9.17, 15) is 0 Å². The molecule has 0 saturated heterocycles. The quantitative estimate of drug-likeness (QED) is 0.539. The normalized spacial score (nSPS) is 8.62. The fourth-order valence-corrected chi connectivity index (χ4v) is 0.652. The van der Waals surface area contributed by atoms with Crippen LogP contribution in [0.2, 0.25) is 0 Å². The van der Waals surface area contributed by atoms with Crippen molar-refractivity contribution >= 4 is 18.1 Å². The Morgan fingerprint density at radius 1 is 1.12 bits per heavy atom. The van der Waals surface area contributed by atoms with Crippen molar-refractivity contribution < 1.29 is 0 Å². The van der Waals surface area contributed by atoms with Crippen LogP contribution in [0.15, 0.2) is 34.7 Å². The topological polar surface area (TPSA) is 12.4 Å². The standard InChI is InChI=1S/C6H7NS/c8-7-6-4-2-1-3-5-6/h1-5H,8H2. The van der Waals surface area contributed by atoms with E-state index in [4.69, 9.17) is 0 Å². The second-order valence-corrected chi connectivity index (χ2v) is 1.67. The fourth-order valence-electron chi connectivity index (χ4n) is 0.503. The van der Waals surface area contributed by atoms with Gasteiger partial charge in [-0.15, -0.1) is 12.4 Å². The predicted molar refractivity (Wildman–Crippen MR) is 38.7 cm³/mol. The van der Waals surface area contributed by atoms with E-state index in [1.54, 1.807) is 0 Å². The lowest BCUT2D eigenvalue weighted by atomic mass is 10.3. The second kappa shape index (κ2) is 2.62. The van der Waals surface area contributed by atoms with Crippen molar-refractivity contribution in [2.75, 3.05) is 0 Å². The first-order chi connectivity index (χ1) is 3.93. The molecule has 1 aromatic carbocycles. The molecule has 1 nitrogen and oxygen atoms in total. The molecule has 0 aromatic heterocycles. The molecule has 0 aliphatic carbocycles. The van der Waals surface area contributed by atoms with Crippen molar-refractivity contribution in [2.24, 2.45) is 4.36 Å². The number of rotatable bonds is 1. The van der Waals surface area contributed by atoms with Crippen LogP contribution in [0, 0.1) is 0 Å². The van der Waals surface area contributed by atoms with Crippen molar-refractivity contribution in [3.05, 3.63) is 30.3 Å². The van der Waals surface area contributed by atoms with Gasteiger partial charge in [0.2, 0.25) is 0 Å². The summed E-state index contributed by atoms with van der Waals surface area (Å²) in [6, 6.07) is 9.69. The van der Waals surface area contributed by atoms with Gasteiger partial charge in [0, 0.05) is 0 Å². The highest BCUT2D eigenvalue weighted by atomic mass is 32.1. The lowest BCUT2D eigenvalue weighted by Crippen LogP contribution is -1.56. The van der Waals surface area contributed by atoms with E-state index in [0.29, 0.717) is 0 Å². The average Bonchev–Trinajstić information content (AvgIpc) is 1.90. The van der Waals surface area contributed by atoms with Gasteiger partial charge in [-0.3, -0.25) is 0 Å². The first-order valence-electron chi connectivity index (χ1n) is 2.36. The maximum absolute atomic E-state index is 3.78. The molecule has 0 spiro atoms. The molecule has 0 N–H and O–H groups in total. The first-order valence-corrected chi connectivity index (χ1v) is 2.81. The molecular weight excluding hydrogens is 118 g/mol. The minimum atomic E-state index is 0.948. The number of benzene rings is 1. The highest BCUT2D eigenvalue weighted by molar-refractivity contribution is 7.47. The number of hydrogen-bond donors (Lipinski definition) is 0. The van der Waals surface area contributed by atoms with E-state index < -0.39 is 0 Å². The van der Waals surface area contributed by atoms with Crippen LogP contribution in [0.4, 0.5) is 5.69 Å². The second-order valence-electron chi connectivity index (χ2n) is 1.45. The van der Waals surface area contributed by atoms with E-state index in [0.717, 1.165) is 5.69 Å². The van der Waals surface area contributed by atoms with Crippen LogP contribution in [0.3, 0.4) is 0 Å². The van der Waals surface area contributed by atoms with Gasteiger partial charge >= 0.3 is 0 Å². The maximum Gasteiger partial charge on any atom is 0.0697 e. The molecule has 0 heterocycles. The Kier molecular flexibility index (Phi) is 1.80. The molecule has 0 atom stereocenters. The fraction of sp³-hybridized carbons (Fsp3) is 0. The molecule has 0 radical (unpaired) electrons. The molecule has 0 aliphatic heterocycles. The molecule has 0 bridgehead atoms. The molecule has 0 fully saturated rings. The van der Waals surface area contributed by atoms with Gasteiger partial charge in [0.15, 0.2) is 0 Å². The molecule has 1 aromatic rings. The third kappa shape index (κ3) is 1.17. The van der Waals surface area contributed by atoms with E-state index in [1.165, 1.54) is 0 Å². The molecule has 42 valence electrons. The zero-order valence-electron chi connectivity index (χ0n) is 4.33. The summed E-state index contributed by atoms with van der Waals surface area (Å²) in [6.07, 6.45) is 0. The Labute approximate surface area is 53.5 Å². The van der Waals surface area contributed by atoms with Gasteiger partial charge in [0.25, 0.3) is 0 Å². The lowest BCUT2D eigenvalue weighted by molar-refractivity contribution is 1.58. The van der Waals surface area contributed by atoms with Crippen molar-refractivity contribution in [2.45, 2.75) is 0 Å². The lowest BCUT2D eigenvalue weighted by Gasteiger charge is -1.84. The van der Waals surface area contributed by atoms with E-state index >= 15 is 0 Å². The molecule has 0 unspecified atom stereocenters. The molecule has 8 heavy (non-hydrogen) atoms. The first kappa shape index (κ1) is 5.51. The summed E-state index contributed by atoms with van der Waals surface area (Å²) in [6.45, 7) is 0. The van der Waals surface area contributed by atoms with Crippen LogP contribution in [-0.4, -0.2) is 0 Å². The summed E-state index contributed by atoms with van der Waals surface area (Å²) in [5.74, 6) is 0. The minimum Gasteiger partial charge on any atom is -0.234 e. The van der Waals surface area contributed by atoms with Gasteiger partial charge < -0.3 is 0 Å². The Balaban J connectivity index is 2.99. The van der Waals surface area contributed by atoms with E-state index in [-0.39, 0.29) is 0 Å². The van der Waals surface area contributed by atoms with Crippen molar-refractivity contribution in [1.82, 2.24) is 0 Å². The average molecular weight is 125 g/mol. The predicted octanol–water partition coefficient (Wildman–Crippen LogP) is 1.51. The van der Waals surface area contributed by atoms with Crippen molar-refractivity contribution in [3.63, 3.8) is 0 Å². The minimum absolute atomic E-state index is 0.948. The highest BCUT2D eigenvalue weighted by Crippen LogP contribution is 2.07. The summed E-state index contributed by atoms with van der Waals surface area (Å²) in [4.78, 5) is 0. The summed E-state index contributed by atoms with van der Waals surface area (Å²) < 4.78 is 3.78. The Morgan fingerprint density at radius 3 is 2.12 bits per heavy atom. The zero-order valence-corrected chi connectivity index (χ0v) is 5.33. The molecule has 0 amide bonds. The Hall–Kier alpha value is -0.630. The summed E-state index contributed by atoms with van der Waals surface area (Å²) in [5, 5.41) is 0. The van der Waals surface area contributed by atoms with E-state index in [2.05, 4.69) is 16.8 Å². The summed E-state index contributed by atoms with van der Waals surface area (Å²) in [5.41, 5.74) is 0.948. The van der Waals surface area contributed by atoms with Gasteiger partial charge in [-0.1, -0.05) is 18.2 Å². The van der Waals surface area contributed by atoms with Gasteiger partial charge in [-0.2, -0.15) is 0 Å². The van der Waals surface area contributed by atoms with Crippen LogP contribution in [0.5, 0.6) is 0 Å². The third-order valence-electron chi connectivity index (χ3n) is 0.885. The highest BCUT2D eigenvalue weighted by Gasteiger charge is 1.77. The Morgan fingerprint density at radius 2 is 1.75 bits per heavy atom.